The van der Waals surface area contributed by atoms with Crippen LogP contribution in [-0.2, 0) is 0 Å². The van der Waals surface area contributed by atoms with Gasteiger partial charge in [-0.25, -0.2) is 24.9 Å². The lowest BCUT2D eigenvalue weighted by Gasteiger charge is -2.17. The Labute approximate surface area is 202 Å². The number of nitrogens with one attached hydrogen (secondary N) is 1. The van der Waals surface area contributed by atoms with Crippen LogP contribution in [0.2, 0.25) is 0 Å². The fraction of sp³-hybridized carbons (Fsp3) is 0.192. The van der Waals surface area contributed by atoms with E-state index in [0.717, 1.165) is 49.8 Å². The summed E-state index contributed by atoms with van der Waals surface area (Å²) in [5.74, 6) is 2.21. The molecule has 0 radical (unpaired) electrons. The molecule has 0 aliphatic rings. The van der Waals surface area contributed by atoms with Crippen LogP contribution in [0.15, 0.2) is 66.4 Å². The Balaban J connectivity index is 1.39. The number of fused-ring (bicyclic) bond motifs is 1. The summed E-state index contributed by atoms with van der Waals surface area (Å²) in [5.41, 5.74) is 8.04. The average molecular weight is 468 g/mol. The van der Waals surface area contributed by atoms with E-state index in [1.807, 2.05) is 56.0 Å². The summed E-state index contributed by atoms with van der Waals surface area (Å²) in [6, 6.07) is 16.7. The van der Waals surface area contributed by atoms with E-state index in [2.05, 4.69) is 73.6 Å². The lowest BCUT2D eigenvalue weighted by atomic mass is 10.0. The van der Waals surface area contributed by atoms with E-state index in [1.54, 1.807) is 11.3 Å². The zero-order valence-corrected chi connectivity index (χ0v) is 20.3. The third-order valence-corrected chi connectivity index (χ3v) is 6.38. The molecule has 5 aromatic rings. The Morgan fingerprint density at radius 1 is 0.882 bits per heavy atom. The Morgan fingerprint density at radius 3 is 2.50 bits per heavy atom. The Kier molecular flexibility index (Phi) is 5.90. The van der Waals surface area contributed by atoms with Crippen molar-refractivity contribution in [3.63, 3.8) is 0 Å². The van der Waals surface area contributed by atoms with Crippen LogP contribution in [0, 0.1) is 6.92 Å². The quantitative estimate of drug-likeness (QED) is 0.340. The first-order valence-corrected chi connectivity index (χ1v) is 11.9. The molecule has 170 valence electrons. The molecule has 0 spiro atoms. The molecule has 3 aromatic heterocycles. The topological polar surface area (TPSA) is 79.7 Å². The monoisotopic (exact) mass is 467 g/mol. The molecule has 1 N–H and O–H groups in total. The van der Waals surface area contributed by atoms with Gasteiger partial charge in [-0.2, -0.15) is 0 Å². The van der Waals surface area contributed by atoms with Crippen molar-refractivity contribution in [2.24, 2.45) is 0 Å². The molecular formula is C26H25N7S. The molecule has 7 nitrogen and oxygen atoms in total. The zero-order valence-electron chi connectivity index (χ0n) is 19.5. The molecule has 0 aliphatic carbocycles. The van der Waals surface area contributed by atoms with Crippen molar-refractivity contribution in [2.75, 3.05) is 24.3 Å². The molecule has 0 saturated carbocycles. The number of hydrogen-bond donors (Lipinski definition) is 1. The second-order valence-corrected chi connectivity index (χ2v) is 9.26. The Hall–Kier alpha value is -3.91. The Morgan fingerprint density at radius 2 is 1.71 bits per heavy atom. The molecule has 1 unspecified atom stereocenters. The molecule has 0 aliphatic heterocycles. The molecule has 5 rings (SSSR count). The number of rotatable bonds is 6. The van der Waals surface area contributed by atoms with Gasteiger partial charge in [0.2, 0.25) is 5.95 Å². The summed E-state index contributed by atoms with van der Waals surface area (Å²) >= 11 is 1.63. The van der Waals surface area contributed by atoms with Crippen LogP contribution in [0.1, 0.15) is 24.4 Å². The smallest absolute Gasteiger partial charge is 0.224 e. The highest BCUT2D eigenvalue weighted by Gasteiger charge is 2.12. The number of hydrogen-bond acceptors (Lipinski definition) is 8. The van der Waals surface area contributed by atoms with Crippen molar-refractivity contribution in [1.82, 2.24) is 24.9 Å². The molecular weight excluding hydrogens is 442 g/mol. The van der Waals surface area contributed by atoms with Gasteiger partial charge in [0.25, 0.3) is 0 Å². The van der Waals surface area contributed by atoms with Crippen molar-refractivity contribution < 1.29 is 0 Å². The van der Waals surface area contributed by atoms with Crippen LogP contribution in [0.3, 0.4) is 0 Å². The lowest BCUT2D eigenvalue weighted by molar-refractivity contribution is 0.868. The third-order valence-electron chi connectivity index (χ3n) is 5.59. The normalized spacial score (nSPS) is 12.0. The minimum absolute atomic E-state index is 0.0491. The van der Waals surface area contributed by atoms with Gasteiger partial charge in [0, 0.05) is 49.7 Å². The minimum Gasteiger partial charge on any atom is -0.363 e. The van der Waals surface area contributed by atoms with E-state index in [4.69, 9.17) is 0 Å². The molecule has 3 heterocycles. The van der Waals surface area contributed by atoms with E-state index in [-0.39, 0.29) is 6.04 Å². The van der Waals surface area contributed by atoms with Crippen LogP contribution in [0.25, 0.3) is 32.6 Å². The standard InChI is InChI=1S/C26H25N7S/c1-16(18-6-5-7-19(10-18)21-13-27-26(28-14-21)33(3)4)30-25-12-23(31-17(2)32-25)20-8-9-22-24(11-20)34-15-29-22/h5-16H,1-4H3,(H,30,31,32). The predicted octanol–water partition coefficient (Wildman–Crippen LogP) is 5.76. The Bertz CT molecular complexity index is 1440. The first-order chi connectivity index (χ1) is 16.5. The molecule has 2 aromatic carbocycles. The first kappa shape index (κ1) is 21.9. The largest absolute Gasteiger partial charge is 0.363 e. The highest BCUT2D eigenvalue weighted by atomic mass is 32.1. The lowest BCUT2D eigenvalue weighted by Crippen LogP contribution is -2.12. The molecule has 1 atom stereocenters. The SMILES string of the molecule is Cc1nc(NC(C)c2cccc(-c3cnc(N(C)C)nc3)c2)cc(-c2ccc3ncsc3c2)n1. The number of aryl methyl sites for hydroxylation is 1. The maximum absolute atomic E-state index is 4.66. The number of anilines is 2. The van der Waals surface area contributed by atoms with Gasteiger partial charge in [0.05, 0.1) is 21.4 Å². The molecule has 34 heavy (non-hydrogen) atoms. The second-order valence-electron chi connectivity index (χ2n) is 8.38. The van der Waals surface area contributed by atoms with Crippen molar-refractivity contribution in [1.29, 1.82) is 0 Å². The van der Waals surface area contributed by atoms with Gasteiger partial charge < -0.3 is 10.2 Å². The predicted molar refractivity (Wildman–Crippen MR) is 139 cm³/mol. The van der Waals surface area contributed by atoms with Gasteiger partial charge in [-0.15, -0.1) is 11.3 Å². The summed E-state index contributed by atoms with van der Waals surface area (Å²) in [4.78, 5) is 24.4. The van der Waals surface area contributed by atoms with Crippen molar-refractivity contribution >= 4 is 33.3 Å². The molecule has 0 bridgehead atoms. The van der Waals surface area contributed by atoms with Gasteiger partial charge in [-0.05, 0) is 43.2 Å². The highest BCUT2D eigenvalue weighted by Crippen LogP contribution is 2.28. The van der Waals surface area contributed by atoms with Crippen molar-refractivity contribution in [3.8, 4) is 22.4 Å². The van der Waals surface area contributed by atoms with Crippen LogP contribution < -0.4 is 10.2 Å². The van der Waals surface area contributed by atoms with Gasteiger partial charge >= 0.3 is 0 Å². The van der Waals surface area contributed by atoms with E-state index < -0.39 is 0 Å². The maximum atomic E-state index is 4.66. The van der Waals surface area contributed by atoms with Gasteiger partial charge in [-0.3, -0.25) is 0 Å². The van der Waals surface area contributed by atoms with Crippen LogP contribution in [0.5, 0.6) is 0 Å². The number of aromatic nitrogens is 5. The van der Waals surface area contributed by atoms with Gasteiger partial charge in [0.15, 0.2) is 0 Å². The third kappa shape index (κ3) is 4.58. The number of benzene rings is 2. The second kappa shape index (κ2) is 9.15. The van der Waals surface area contributed by atoms with Gasteiger partial charge in [-0.1, -0.05) is 24.3 Å². The van der Waals surface area contributed by atoms with Crippen LogP contribution in [0.4, 0.5) is 11.8 Å². The summed E-state index contributed by atoms with van der Waals surface area (Å²) in [6.45, 7) is 4.05. The first-order valence-electron chi connectivity index (χ1n) is 11.0. The molecule has 0 amide bonds. The average Bonchev–Trinajstić information content (AvgIpc) is 3.32. The minimum atomic E-state index is 0.0491. The fourth-order valence-corrected chi connectivity index (χ4v) is 4.51. The van der Waals surface area contributed by atoms with Gasteiger partial charge in [0.1, 0.15) is 11.6 Å². The zero-order chi connectivity index (χ0) is 23.7. The van der Waals surface area contributed by atoms with Crippen LogP contribution >= 0.6 is 11.3 Å². The number of nitrogens with zero attached hydrogens (tertiary/aromatic N) is 6. The highest BCUT2D eigenvalue weighted by molar-refractivity contribution is 7.16. The van der Waals surface area contributed by atoms with E-state index in [1.165, 1.54) is 0 Å². The summed E-state index contributed by atoms with van der Waals surface area (Å²) in [5, 5.41) is 3.55. The molecule has 0 fully saturated rings. The summed E-state index contributed by atoms with van der Waals surface area (Å²) < 4.78 is 1.15. The van der Waals surface area contributed by atoms with E-state index >= 15 is 0 Å². The van der Waals surface area contributed by atoms with Crippen molar-refractivity contribution in [2.45, 2.75) is 19.9 Å². The van der Waals surface area contributed by atoms with Crippen LogP contribution in [-0.4, -0.2) is 39.0 Å². The molecule has 0 saturated heterocycles. The summed E-state index contributed by atoms with van der Waals surface area (Å²) in [6.07, 6.45) is 3.72. The van der Waals surface area contributed by atoms with Crippen molar-refractivity contribution in [3.05, 3.63) is 77.8 Å². The fourth-order valence-electron chi connectivity index (χ4n) is 3.80. The van der Waals surface area contributed by atoms with E-state index in [9.17, 15) is 0 Å². The summed E-state index contributed by atoms with van der Waals surface area (Å²) in [7, 11) is 3.86. The number of thiazole rings is 1. The van der Waals surface area contributed by atoms with E-state index in [0.29, 0.717) is 5.95 Å². The maximum Gasteiger partial charge on any atom is 0.224 e. The molecule has 8 heteroatoms.